The van der Waals surface area contributed by atoms with Crippen molar-refractivity contribution in [3.8, 4) is 0 Å². The summed E-state index contributed by atoms with van der Waals surface area (Å²) in [6.45, 7) is 2.76. The molecule has 0 spiro atoms. The summed E-state index contributed by atoms with van der Waals surface area (Å²) >= 11 is 0. The molecule has 1 unspecified atom stereocenters. The quantitative estimate of drug-likeness (QED) is 0.875. The van der Waals surface area contributed by atoms with Gasteiger partial charge >= 0.3 is 0 Å². The fourth-order valence-corrected chi connectivity index (χ4v) is 3.47. The second kappa shape index (κ2) is 6.28. The Morgan fingerprint density at radius 1 is 1.35 bits per heavy atom. The average Bonchev–Trinajstić information content (AvgIpc) is 3.07. The summed E-state index contributed by atoms with van der Waals surface area (Å²) in [5.41, 5.74) is 0. The molecule has 114 valence electrons. The predicted molar refractivity (Wildman–Crippen MR) is 77.8 cm³/mol. The van der Waals surface area contributed by atoms with Gasteiger partial charge in [0.05, 0.1) is 6.54 Å². The lowest BCUT2D eigenvalue weighted by Crippen LogP contribution is -2.31. The lowest BCUT2D eigenvalue weighted by atomic mass is 10.00. The van der Waals surface area contributed by atoms with E-state index in [1.807, 2.05) is 0 Å². The van der Waals surface area contributed by atoms with E-state index in [1.165, 1.54) is 45.8 Å². The summed E-state index contributed by atoms with van der Waals surface area (Å²) in [7, 11) is -0.475. The third kappa shape index (κ3) is 3.42. The summed E-state index contributed by atoms with van der Waals surface area (Å²) in [5, 5.41) is 3.44. The zero-order valence-corrected chi connectivity index (χ0v) is 13.2. The van der Waals surface area contributed by atoms with Gasteiger partial charge in [-0.1, -0.05) is 12.8 Å². The highest BCUT2D eigenvalue weighted by molar-refractivity contribution is 7.88. The Morgan fingerprint density at radius 2 is 2.00 bits per heavy atom. The molecule has 20 heavy (non-hydrogen) atoms. The van der Waals surface area contributed by atoms with Gasteiger partial charge < -0.3 is 9.73 Å². The Balaban J connectivity index is 1.93. The van der Waals surface area contributed by atoms with Gasteiger partial charge in [0.25, 0.3) is 10.0 Å². The smallest absolute Gasteiger partial charge is 0.275 e. The molecule has 0 saturated heterocycles. The molecule has 0 amide bonds. The average molecular weight is 300 g/mol. The maximum Gasteiger partial charge on any atom is 0.275 e. The first-order valence-electron chi connectivity index (χ1n) is 7.16. The van der Waals surface area contributed by atoms with Crippen LogP contribution in [0.25, 0.3) is 0 Å². The van der Waals surface area contributed by atoms with Crippen LogP contribution in [0.4, 0.5) is 0 Å². The van der Waals surface area contributed by atoms with Crippen molar-refractivity contribution in [2.45, 2.75) is 50.3 Å². The van der Waals surface area contributed by atoms with Crippen LogP contribution in [0.5, 0.6) is 0 Å². The zero-order chi connectivity index (χ0) is 14.8. The van der Waals surface area contributed by atoms with Gasteiger partial charge in [-0.2, -0.15) is 0 Å². The molecule has 1 aromatic heterocycles. The molecular formula is C14H24N2O3S. The number of furan rings is 1. The maximum absolute atomic E-state index is 11.9. The van der Waals surface area contributed by atoms with Crippen LogP contribution in [0.15, 0.2) is 21.6 Å². The Morgan fingerprint density at radius 3 is 2.60 bits per heavy atom. The van der Waals surface area contributed by atoms with Crippen LogP contribution < -0.4 is 5.32 Å². The fourth-order valence-electron chi connectivity index (χ4n) is 2.66. The van der Waals surface area contributed by atoms with Crippen LogP contribution in [0.3, 0.4) is 0 Å². The van der Waals surface area contributed by atoms with E-state index in [9.17, 15) is 8.42 Å². The van der Waals surface area contributed by atoms with Crippen molar-refractivity contribution in [3.05, 3.63) is 17.9 Å². The number of sulfonamides is 1. The SMILES string of the molecule is CC(NCc1ccc(S(=O)(=O)N(C)C)o1)C1CCCC1. The molecule has 1 aliphatic carbocycles. The minimum Gasteiger partial charge on any atom is -0.447 e. The summed E-state index contributed by atoms with van der Waals surface area (Å²) in [6.07, 6.45) is 5.21. The molecule has 0 radical (unpaired) electrons. The van der Waals surface area contributed by atoms with Gasteiger partial charge in [0.2, 0.25) is 5.09 Å². The second-order valence-corrected chi connectivity index (χ2v) is 7.81. The van der Waals surface area contributed by atoms with Crippen molar-refractivity contribution in [2.75, 3.05) is 14.1 Å². The number of hydrogen-bond donors (Lipinski definition) is 1. The van der Waals surface area contributed by atoms with E-state index in [0.29, 0.717) is 18.3 Å². The van der Waals surface area contributed by atoms with Gasteiger partial charge in [0.15, 0.2) is 0 Å². The zero-order valence-electron chi connectivity index (χ0n) is 12.4. The van der Waals surface area contributed by atoms with E-state index in [2.05, 4.69) is 12.2 Å². The normalized spacial score (nSPS) is 18.8. The first-order valence-corrected chi connectivity index (χ1v) is 8.60. The maximum atomic E-state index is 11.9. The lowest BCUT2D eigenvalue weighted by molar-refractivity contribution is 0.344. The van der Waals surface area contributed by atoms with Crippen molar-refractivity contribution in [1.82, 2.24) is 9.62 Å². The minimum absolute atomic E-state index is 0.00724. The van der Waals surface area contributed by atoms with Gasteiger partial charge in [-0.3, -0.25) is 0 Å². The molecule has 0 aliphatic heterocycles. The van der Waals surface area contributed by atoms with Crippen molar-refractivity contribution >= 4 is 10.0 Å². The van der Waals surface area contributed by atoms with Crippen molar-refractivity contribution in [2.24, 2.45) is 5.92 Å². The molecule has 1 saturated carbocycles. The van der Waals surface area contributed by atoms with Crippen LogP contribution in [-0.4, -0.2) is 32.9 Å². The molecule has 2 rings (SSSR count). The number of nitrogens with zero attached hydrogens (tertiary/aromatic N) is 1. The van der Waals surface area contributed by atoms with E-state index in [4.69, 9.17) is 4.42 Å². The molecule has 1 N–H and O–H groups in total. The summed E-state index contributed by atoms with van der Waals surface area (Å²) in [4.78, 5) is 0. The van der Waals surface area contributed by atoms with Crippen LogP contribution >= 0.6 is 0 Å². The third-order valence-electron chi connectivity index (χ3n) is 4.08. The Kier molecular flexibility index (Phi) is 4.88. The first-order chi connectivity index (χ1) is 9.41. The fraction of sp³-hybridized carbons (Fsp3) is 0.714. The second-order valence-electron chi connectivity index (χ2n) is 5.72. The molecule has 1 heterocycles. The van der Waals surface area contributed by atoms with E-state index in [0.717, 1.165) is 10.2 Å². The van der Waals surface area contributed by atoms with Crippen molar-refractivity contribution in [3.63, 3.8) is 0 Å². The lowest BCUT2D eigenvalue weighted by Gasteiger charge is -2.19. The van der Waals surface area contributed by atoms with Gasteiger partial charge in [0.1, 0.15) is 5.76 Å². The monoisotopic (exact) mass is 300 g/mol. The highest BCUT2D eigenvalue weighted by Gasteiger charge is 2.23. The van der Waals surface area contributed by atoms with Crippen LogP contribution in [-0.2, 0) is 16.6 Å². The highest BCUT2D eigenvalue weighted by atomic mass is 32.2. The molecule has 1 aliphatic rings. The van der Waals surface area contributed by atoms with E-state index >= 15 is 0 Å². The standard InChI is InChI=1S/C14H24N2O3S/c1-11(12-6-4-5-7-12)15-10-13-8-9-14(19-13)20(17,18)16(2)3/h8-9,11-12,15H,4-7,10H2,1-3H3. The Labute approximate surface area is 121 Å². The van der Waals surface area contributed by atoms with Crippen LogP contribution in [0.1, 0.15) is 38.4 Å². The van der Waals surface area contributed by atoms with Gasteiger partial charge in [-0.05, 0) is 37.8 Å². The van der Waals surface area contributed by atoms with Crippen LogP contribution in [0, 0.1) is 5.92 Å². The molecular weight excluding hydrogens is 276 g/mol. The highest BCUT2D eigenvalue weighted by Crippen LogP contribution is 2.27. The third-order valence-corrected chi connectivity index (χ3v) is 5.77. The number of nitrogens with one attached hydrogen (secondary N) is 1. The molecule has 1 fully saturated rings. The van der Waals surface area contributed by atoms with Crippen molar-refractivity contribution in [1.29, 1.82) is 0 Å². The topological polar surface area (TPSA) is 62.6 Å². The van der Waals surface area contributed by atoms with E-state index in [1.54, 1.807) is 6.07 Å². The largest absolute Gasteiger partial charge is 0.447 e. The van der Waals surface area contributed by atoms with Crippen LogP contribution in [0.2, 0.25) is 0 Å². The molecule has 0 aromatic carbocycles. The molecule has 1 aromatic rings. The number of hydrogen-bond acceptors (Lipinski definition) is 4. The summed E-state index contributed by atoms with van der Waals surface area (Å²) in [6, 6.07) is 3.69. The summed E-state index contributed by atoms with van der Waals surface area (Å²) in [5.74, 6) is 1.39. The summed E-state index contributed by atoms with van der Waals surface area (Å²) < 4.78 is 30.4. The van der Waals surface area contributed by atoms with Crippen molar-refractivity contribution < 1.29 is 12.8 Å². The molecule has 0 bridgehead atoms. The predicted octanol–water partition coefficient (Wildman–Crippen LogP) is 2.20. The molecule has 5 nitrogen and oxygen atoms in total. The minimum atomic E-state index is -3.47. The van der Waals surface area contributed by atoms with Gasteiger partial charge in [-0.15, -0.1) is 0 Å². The Hall–Kier alpha value is -0.850. The van der Waals surface area contributed by atoms with Gasteiger partial charge in [-0.25, -0.2) is 12.7 Å². The molecule has 6 heteroatoms. The molecule has 1 atom stereocenters. The van der Waals surface area contributed by atoms with E-state index < -0.39 is 10.0 Å². The number of rotatable bonds is 6. The van der Waals surface area contributed by atoms with Gasteiger partial charge in [0, 0.05) is 20.1 Å². The van der Waals surface area contributed by atoms with E-state index in [-0.39, 0.29) is 5.09 Å². The Bertz CT molecular complexity index is 530. The first kappa shape index (κ1) is 15.5.